The molecule has 4 nitrogen and oxygen atoms in total. The zero-order valence-corrected chi connectivity index (χ0v) is 9.06. The number of rotatable bonds is 2. The Bertz CT molecular complexity index is 425. The standard InChI is InChI=1S/C12H15N3O/c13-7-9-3-4-12(11(14)6-9)15-5-1-2-10(15)8-16/h3-4,6,10,16H,1-2,5,8,14H2. The summed E-state index contributed by atoms with van der Waals surface area (Å²) in [6.07, 6.45) is 2.07. The first-order valence-corrected chi connectivity index (χ1v) is 5.43. The average Bonchev–Trinajstić information content (AvgIpc) is 2.76. The number of nitrogens with two attached hydrogens (primary N) is 1. The normalized spacial score (nSPS) is 19.8. The highest BCUT2D eigenvalue weighted by molar-refractivity contribution is 5.70. The minimum absolute atomic E-state index is 0.152. The first-order chi connectivity index (χ1) is 7.76. The minimum atomic E-state index is 0.152. The lowest BCUT2D eigenvalue weighted by Crippen LogP contribution is -2.32. The maximum absolute atomic E-state index is 9.25. The Morgan fingerprint density at radius 3 is 3.00 bits per heavy atom. The van der Waals surface area contributed by atoms with Crippen molar-refractivity contribution in [2.24, 2.45) is 0 Å². The summed E-state index contributed by atoms with van der Waals surface area (Å²) >= 11 is 0. The van der Waals surface area contributed by atoms with Gasteiger partial charge >= 0.3 is 0 Å². The molecule has 1 saturated heterocycles. The van der Waals surface area contributed by atoms with Gasteiger partial charge in [0.2, 0.25) is 0 Å². The van der Waals surface area contributed by atoms with Gasteiger partial charge in [-0.15, -0.1) is 0 Å². The summed E-state index contributed by atoms with van der Waals surface area (Å²) in [5.74, 6) is 0. The van der Waals surface area contributed by atoms with Crippen molar-refractivity contribution < 1.29 is 5.11 Å². The van der Waals surface area contributed by atoms with E-state index in [4.69, 9.17) is 11.0 Å². The number of nitrogen functional groups attached to an aromatic ring is 1. The molecule has 1 aliphatic rings. The van der Waals surface area contributed by atoms with Crippen molar-refractivity contribution in [3.63, 3.8) is 0 Å². The van der Waals surface area contributed by atoms with E-state index in [1.807, 2.05) is 6.07 Å². The molecule has 16 heavy (non-hydrogen) atoms. The van der Waals surface area contributed by atoms with Crippen LogP contribution in [0, 0.1) is 11.3 Å². The van der Waals surface area contributed by atoms with Gasteiger partial charge in [-0.05, 0) is 31.0 Å². The molecule has 1 aliphatic heterocycles. The summed E-state index contributed by atoms with van der Waals surface area (Å²) in [6.45, 7) is 1.07. The van der Waals surface area contributed by atoms with Crippen LogP contribution in [0.4, 0.5) is 11.4 Å². The molecule has 1 fully saturated rings. The zero-order chi connectivity index (χ0) is 11.5. The fraction of sp³-hybridized carbons (Fsp3) is 0.417. The number of hydrogen-bond acceptors (Lipinski definition) is 4. The maximum atomic E-state index is 9.25. The molecule has 1 heterocycles. The van der Waals surface area contributed by atoms with E-state index >= 15 is 0 Å². The second-order valence-electron chi connectivity index (χ2n) is 4.06. The van der Waals surface area contributed by atoms with Gasteiger partial charge in [0, 0.05) is 6.54 Å². The summed E-state index contributed by atoms with van der Waals surface area (Å²) in [4.78, 5) is 2.12. The van der Waals surface area contributed by atoms with Crippen LogP contribution in [0.15, 0.2) is 18.2 Å². The monoisotopic (exact) mass is 217 g/mol. The third-order valence-corrected chi connectivity index (χ3v) is 3.05. The van der Waals surface area contributed by atoms with Crippen LogP contribution in [0.5, 0.6) is 0 Å². The average molecular weight is 217 g/mol. The van der Waals surface area contributed by atoms with E-state index in [1.165, 1.54) is 0 Å². The molecular formula is C12H15N3O. The third kappa shape index (κ3) is 1.82. The van der Waals surface area contributed by atoms with Gasteiger partial charge in [0.15, 0.2) is 0 Å². The van der Waals surface area contributed by atoms with E-state index in [2.05, 4.69) is 11.0 Å². The first-order valence-electron chi connectivity index (χ1n) is 5.43. The maximum Gasteiger partial charge on any atom is 0.0992 e. The molecule has 3 N–H and O–H groups in total. The Labute approximate surface area is 94.9 Å². The molecule has 0 aromatic heterocycles. The molecule has 4 heteroatoms. The summed E-state index contributed by atoms with van der Waals surface area (Å²) in [6, 6.07) is 7.53. The largest absolute Gasteiger partial charge is 0.397 e. The van der Waals surface area contributed by atoms with Crippen molar-refractivity contribution in [3.05, 3.63) is 23.8 Å². The predicted octanol–water partition coefficient (Wildman–Crippen LogP) is 1.10. The van der Waals surface area contributed by atoms with Gasteiger partial charge in [-0.25, -0.2) is 0 Å². The highest BCUT2D eigenvalue weighted by Crippen LogP contribution is 2.30. The van der Waals surface area contributed by atoms with Crippen LogP contribution in [0.2, 0.25) is 0 Å². The molecule has 1 aromatic rings. The van der Waals surface area contributed by atoms with Crippen LogP contribution >= 0.6 is 0 Å². The molecule has 2 rings (SSSR count). The number of aliphatic hydroxyl groups is 1. The van der Waals surface area contributed by atoms with E-state index in [0.29, 0.717) is 11.3 Å². The first kappa shape index (κ1) is 10.8. The minimum Gasteiger partial charge on any atom is -0.397 e. The second kappa shape index (κ2) is 4.42. The molecular weight excluding hydrogens is 202 g/mol. The van der Waals surface area contributed by atoms with Crippen LogP contribution in [0.25, 0.3) is 0 Å². The number of hydrogen-bond donors (Lipinski definition) is 2. The lowest BCUT2D eigenvalue weighted by Gasteiger charge is -2.26. The lowest BCUT2D eigenvalue weighted by molar-refractivity contribution is 0.266. The van der Waals surface area contributed by atoms with Crippen molar-refractivity contribution in [1.82, 2.24) is 0 Å². The van der Waals surface area contributed by atoms with Crippen LogP contribution in [-0.2, 0) is 0 Å². The SMILES string of the molecule is N#Cc1ccc(N2CCCC2CO)c(N)c1. The summed E-state index contributed by atoms with van der Waals surface area (Å²) in [5.41, 5.74) is 8.03. The van der Waals surface area contributed by atoms with E-state index < -0.39 is 0 Å². The Balaban J connectivity index is 2.30. The molecule has 0 bridgehead atoms. The van der Waals surface area contributed by atoms with Gasteiger partial charge in [-0.2, -0.15) is 5.26 Å². The molecule has 1 unspecified atom stereocenters. The summed E-state index contributed by atoms with van der Waals surface area (Å²) < 4.78 is 0. The number of anilines is 2. The quantitative estimate of drug-likeness (QED) is 0.727. The summed E-state index contributed by atoms with van der Waals surface area (Å²) in [5, 5.41) is 18.0. The van der Waals surface area contributed by atoms with Crippen molar-refractivity contribution >= 4 is 11.4 Å². The Morgan fingerprint density at radius 2 is 2.38 bits per heavy atom. The lowest BCUT2D eigenvalue weighted by atomic mass is 10.1. The van der Waals surface area contributed by atoms with Crippen molar-refractivity contribution in [1.29, 1.82) is 5.26 Å². The van der Waals surface area contributed by atoms with Gasteiger partial charge in [0.25, 0.3) is 0 Å². The van der Waals surface area contributed by atoms with Gasteiger partial charge in [0.1, 0.15) is 0 Å². The number of nitriles is 1. The molecule has 84 valence electrons. The zero-order valence-electron chi connectivity index (χ0n) is 9.06. The fourth-order valence-corrected chi connectivity index (χ4v) is 2.23. The van der Waals surface area contributed by atoms with Crippen LogP contribution in [0.1, 0.15) is 18.4 Å². The number of benzene rings is 1. The predicted molar refractivity (Wildman–Crippen MR) is 63.0 cm³/mol. The molecule has 0 saturated carbocycles. The Kier molecular flexibility index (Phi) is 2.97. The van der Waals surface area contributed by atoms with Gasteiger partial charge in [0.05, 0.1) is 35.7 Å². The smallest absolute Gasteiger partial charge is 0.0992 e. The number of nitrogens with zero attached hydrogens (tertiary/aromatic N) is 2. The van der Waals surface area contributed by atoms with Crippen molar-refractivity contribution in [3.8, 4) is 6.07 Å². The van der Waals surface area contributed by atoms with E-state index in [1.54, 1.807) is 12.1 Å². The highest BCUT2D eigenvalue weighted by Gasteiger charge is 2.25. The molecule has 1 aromatic carbocycles. The molecule has 0 spiro atoms. The Morgan fingerprint density at radius 1 is 1.56 bits per heavy atom. The molecule has 1 atom stereocenters. The number of aliphatic hydroxyl groups excluding tert-OH is 1. The van der Waals surface area contributed by atoms with Crippen LogP contribution in [0.3, 0.4) is 0 Å². The van der Waals surface area contributed by atoms with Crippen LogP contribution in [-0.4, -0.2) is 24.3 Å². The Hall–Kier alpha value is -1.73. The van der Waals surface area contributed by atoms with Crippen molar-refractivity contribution in [2.75, 3.05) is 23.8 Å². The fourth-order valence-electron chi connectivity index (χ4n) is 2.23. The van der Waals surface area contributed by atoms with E-state index in [-0.39, 0.29) is 12.6 Å². The topological polar surface area (TPSA) is 73.3 Å². The van der Waals surface area contributed by atoms with Gasteiger partial charge in [-0.1, -0.05) is 0 Å². The third-order valence-electron chi connectivity index (χ3n) is 3.05. The summed E-state index contributed by atoms with van der Waals surface area (Å²) in [7, 11) is 0. The van der Waals surface area contributed by atoms with E-state index in [0.717, 1.165) is 25.1 Å². The molecule has 0 amide bonds. The van der Waals surface area contributed by atoms with Gasteiger partial charge < -0.3 is 15.7 Å². The second-order valence-corrected chi connectivity index (χ2v) is 4.06. The highest BCUT2D eigenvalue weighted by atomic mass is 16.3. The molecule has 0 radical (unpaired) electrons. The van der Waals surface area contributed by atoms with Gasteiger partial charge in [-0.3, -0.25) is 0 Å². The van der Waals surface area contributed by atoms with Crippen molar-refractivity contribution in [2.45, 2.75) is 18.9 Å². The van der Waals surface area contributed by atoms with E-state index in [9.17, 15) is 5.11 Å². The molecule has 0 aliphatic carbocycles. The van der Waals surface area contributed by atoms with Crippen LogP contribution < -0.4 is 10.6 Å².